The molecule has 4 amide bonds. The van der Waals surface area contributed by atoms with Crippen LogP contribution in [0, 0.1) is 0 Å². The van der Waals surface area contributed by atoms with Crippen LogP contribution in [0.2, 0.25) is 0 Å². The number of aromatic nitrogens is 1. The zero-order valence-electron chi connectivity index (χ0n) is 27.7. The SMILES string of the molecule is NCCCC(=O)O[C@@H]1C[C@@H]2C(=O)N[C@@H](Cc3ccccc3)C(=O)N[C@H](Cc3c[nH]c4ccccc34)C(=O)N[C@@H](Cc3ccccc3)C(=O)N2C1. The molecular weight excluding hydrogens is 636 g/mol. The Hall–Kier alpha value is -5.49. The van der Waals surface area contributed by atoms with Gasteiger partial charge in [0.1, 0.15) is 30.3 Å². The van der Waals surface area contributed by atoms with Gasteiger partial charge in [-0.05, 0) is 35.7 Å². The van der Waals surface area contributed by atoms with Crippen LogP contribution >= 0.6 is 0 Å². The molecule has 2 aliphatic heterocycles. The molecule has 2 fully saturated rings. The van der Waals surface area contributed by atoms with Crippen LogP contribution in [0.1, 0.15) is 36.0 Å². The molecule has 0 aliphatic carbocycles. The van der Waals surface area contributed by atoms with E-state index >= 15 is 0 Å². The maximum absolute atomic E-state index is 14.5. The van der Waals surface area contributed by atoms with Gasteiger partial charge in [0.15, 0.2) is 0 Å². The molecular formula is C38H42N6O6. The van der Waals surface area contributed by atoms with Gasteiger partial charge in [0.05, 0.1) is 6.54 Å². The first kappa shape index (κ1) is 34.4. The van der Waals surface area contributed by atoms with Crippen LogP contribution in [0.3, 0.4) is 0 Å². The van der Waals surface area contributed by atoms with Crippen molar-refractivity contribution >= 4 is 40.5 Å². The molecule has 4 aromatic rings. The molecule has 1 aromatic heterocycles. The van der Waals surface area contributed by atoms with E-state index in [0.29, 0.717) is 13.0 Å². The predicted molar refractivity (Wildman–Crippen MR) is 186 cm³/mol. The molecule has 12 heteroatoms. The topological polar surface area (TPSA) is 176 Å². The van der Waals surface area contributed by atoms with Crippen molar-refractivity contribution in [2.45, 2.75) is 68.8 Å². The van der Waals surface area contributed by atoms with Gasteiger partial charge in [-0.1, -0.05) is 78.9 Å². The van der Waals surface area contributed by atoms with Crippen LogP contribution in [0.15, 0.2) is 91.1 Å². The number of carbonyl (C=O) groups excluding carboxylic acids is 5. The predicted octanol–water partition coefficient (Wildman–Crippen LogP) is 1.92. The highest BCUT2D eigenvalue weighted by Gasteiger charge is 2.45. The zero-order chi connectivity index (χ0) is 35.0. The highest BCUT2D eigenvalue weighted by molar-refractivity contribution is 5.98. The fraction of sp³-hybridized carbons (Fsp3) is 0.342. The van der Waals surface area contributed by atoms with E-state index in [-0.39, 0.29) is 38.6 Å². The number of amides is 4. The van der Waals surface area contributed by atoms with E-state index in [2.05, 4.69) is 20.9 Å². The number of hydrogen-bond acceptors (Lipinski definition) is 7. The summed E-state index contributed by atoms with van der Waals surface area (Å²) in [6.45, 7) is 0.281. The third-order valence-corrected chi connectivity index (χ3v) is 9.28. The van der Waals surface area contributed by atoms with Crippen LogP contribution in [0.5, 0.6) is 0 Å². The maximum atomic E-state index is 14.5. The highest BCUT2D eigenvalue weighted by Crippen LogP contribution is 2.25. The fourth-order valence-corrected chi connectivity index (χ4v) is 6.72. The summed E-state index contributed by atoms with van der Waals surface area (Å²) in [6, 6.07) is 21.9. The number of fused-ring (bicyclic) bond motifs is 2. The van der Waals surface area contributed by atoms with E-state index in [1.807, 2.05) is 84.9 Å². The van der Waals surface area contributed by atoms with Crippen molar-refractivity contribution in [2.24, 2.45) is 5.73 Å². The molecule has 0 radical (unpaired) electrons. The first-order valence-electron chi connectivity index (χ1n) is 17.0. The van der Waals surface area contributed by atoms with E-state index in [4.69, 9.17) is 10.5 Å². The number of aromatic amines is 1. The summed E-state index contributed by atoms with van der Waals surface area (Å²) in [5.74, 6) is -2.58. The van der Waals surface area contributed by atoms with Crippen LogP contribution in [-0.2, 0) is 48.0 Å². The highest BCUT2D eigenvalue weighted by atomic mass is 16.5. The number of nitrogens with two attached hydrogens (primary N) is 1. The third-order valence-electron chi connectivity index (χ3n) is 9.28. The summed E-state index contributed by atoms with van der Waals surface area (Å²) in [4.78, 5) is 74.0. The molecule has 50 heavy (non-hydrogen) atoms. The minimum atomic E-state index is -1.08. The van der Waals surface area contributed by atoms with Gasteiger partial charge in [0.2, 0.25) is 23.6 Å². The molecule has 260 valence electrons. The molecule has 2 saturated heterocycles. The smallest absolute Gasteiger partial charge is 0.306 e. The first-order valence-corrected chi connectivity index (χ1v) is 17.0. The Kier molecular flexibility index (Phi) is 10.9. The van der Waals surface area contributed by atoms with Crippen LogP contribution in [-0.4, -0.2) is 82.8 Å². The Balaban J connectivity index is 1.36. The molecule has 6 N–H and O–H groups in total. The summed E-state index contributed by atoms with van der Waals surface area (Å²) in [6.07, 6.45) is 2.07. The fourth-order valence-electron chi connectivity index (χ4n) is 6.72. The number of hydrogen-bond donors (Lipinski definition) is 5. The molecule has 0 unspecified atom stereocenters. The lowest BCUT2D eigenvalue weighted by molar-refractivity contribution is -0.149. The summed E-state index contributed by atoms with van der Waals surface area (Å²) >= 11 is 0. The van der Waals surface area contributed by atoms with Gasteiger partial charge in [-0.25, -0.2) is 0 Å². The van der Waals surface area contributed by atoms with Gasteiger partial charge in [-0.15, -0.1) is 0 Å². The number of rotatable bonds is 10. The van der Waals surface area contributed by atoms with Crippen molar-refractivity contribution in [1.82, 2.24) is 25.8 Å². The Bertz CT molecular complexity index is 1830. The Morgan fingerprint density at radius 1 is 0.740 bits per heavy atom. The second-order valence-electron chi connectivity index (χ2n) is 12.9. The lowest BCUT2D eigenvalue weighted by Crippen LogP contribution is -2.62. The Labute approximate surface area is 290 Å². The molecule has 0 bridgehead atoms. The minimum Gasteiger partial charge on any atom is -0.460 e. The number of benzene rings is 3. The van der Waals surface area contributed by atoms with Crippen molar-refractivity contribution in [3.8, 4) is 0 Å². The quantitative estimate of drug-likeness (QED) is 0.159. The van der Waals surface area contributed by atoms with E-state index in [9.17, 15) is 24.0 Å². The number of nitrogens with one attached hydrogen (secondary N) is 4. The molecule has 2 aliphatic rings. The molecule has 3 aromatic carbocycles. The van der Waals surface area contributed by atoms with Crippen molar-refractivity contribution in [2.75, 3.05) is 13.1 Å². The molecule has 5 atom stereocenters. The van der Waals surface area contributed by atoms with Gasteiger partial charge >= 0.3 is 5.97 Å². The van der Waals surface area contributed by atoms with Crippen molar-refractivity contribution < 1.29 is 28.7 Å². The van der Waals surface area contributed by atoms with Crippen molar-refractivity contribution in [3.05, 3.63) is 108 Å². The summed E-state index contributed by atoms with van der Waals surface area (Å²) in [5, 5.41) is 9.62. The van der Waals surface area contributed by atoms with E-state index < -0.39 is 59.9 Å². The Morgan fingerprint density at radius 3 is 2.00 bits per heavy atom. The number of para-hydroxylation sites is 1. The van der Waals surface area contributed by atoms with E-state index in [1.54, 1.807) is 6.20 Å². The molecule has 6 rings (SSSR count). The lowest BCUT2D eigenvalue weighted by Gasteiger charge is -2.32. The number of esters is 1. The molecule has 0 spiro atoms. The number of nitrogens with zero attached hydrogens (tertiary/aromatic N) is 1. The summed E-state index contributed by atoms with van der Waals surface area (Å²) < 4.78 is 5.69. The second kappa shape index (κ2) is 15.8. The average Bonchev–Trinajstić information content (AvgIpc) is 3.74. The third kappa shape index (κ3) is 8.20. The average molecular weight is 679 g/mol. The van der Waals surface area contributed by atoms with Gasteiger partial charge < -0.3 is 36.3 Å². The number of carbonyl (C=O) groups is 5. The maximum Gasteiger partial charge on any atom is 0.306 e. The number of H-pyrrole nitrogens is 1. The zero-order valence-corrected chi connectivity index (χ0v) is 27.7. The van der Waals surface area contributed by atoms with Gasteiger partial charge in [-0.2, -0.15) is 0 Å². The van der Waals surface area contributed by atoms with Gasteiger partial charge in [-0.3, -0.25) is 24.0 Å². The monoisotopic (exact) mass is 678 g/mol. The molecule has 12 nitrogen and oxygen atoms in total. The second-order valence-corrected chi connectivity index (χ2v) is 12.9. The first-order chi connectivity index (χ1) is 24.3. The van der Waals surface area contributed by atoms with Crippen LogP contribution < -0.4 is 21.7 Å². The van der Waals surface area contributed by atoms with Crippen LogP contribution in [0.4, 0.5) is 0 Å². The Morgan fingerprint density at radius 2 is 1.32 bits per heavy atom. The number of ether oxygens (including phenoxy) is 1. The van der Waals surface area contributed by atoms with Gasteiger partial charge in [0, 0.05) is 49.2 Å². The summed E-state index contributed by atoms with van der Waals surface area (Å²) in [5.41, 5.74) is 8.85. The van der Waals surface area contributed by atoms with Crippen LogP contribution in [0.25, 0.3) is 10.9 Å². The van der Waals surface area contributed by atoms with Crippen molar-refractivity contribution in [1.29, 1.82) is 0 Å². The summed E-state index contributed by atoms with van der Waals surface area (Å²) in [7, 11) is 0. The lowest BCUT2D eigenvalue weighted by atomic mass is 9.99. The largest absolute Gasteiger partial charge is 0.460 e. The van der Waals surface area contributed by atoms with Crippen molar-refractivity contribution in [3.63, 3.8) is 0 Å². The molecule has 3 heterocycles. The van der Waals surface area contributed by atoms with E-state index in [1.165, 1.54) is 4.90 Å². The van der Waals surface area contributed by atoms with E-state index in [0.717, 1.165) is 27.6 Å². The molecule has 0 saturated carbocycles. The minimum absolute atomic E-state index is 0.0409. The normalized spacial score (nSPS) is 22.9. The van der Waals surface area contributed by atoms with Gasteiger partial charge in [0.25, 0.3) is 0 Å². The standard InChI is InChI=1S/C38H42N6O6/c39-17-9-16-34(45)50-27-21-33-37(48)42-30(18-24-10-3-1-4-11-24)35(46)41-31(20-26-22-40-29-15-8-7-14-28(26)29)36(47)43-32(38(49)44(33)23-27)19-25-12-5-2-6-13-25/h1-8,10-15,22,27,30-33,40H,9,16-21,23,39H2,(H,41,46)(H,42,48)(H,43,47)/t27-,30+,31-,32+,33-/m1/s1.